The number of nitrogens with two attached hydrogens (primary N) is 1. The fraction of sp³-hybridized carbons (Fsp3) is 0.125. The molecule has 1 heterocycles. The lowest BCUT2D eigenvalue weighted by Crippen LogP contribution is -2.01. The van der Waals surface area contributed by atoms with Crippen molar-refractivity contribution in [1.82, 2.24) is 0 Å². The molecule has 1 unspecified atom stereocenters. The molecule has 0 radical (unpaired) electrons. The van der Waals surface area contributed by atoms with Gasteiger partial charge in [-0.3, -0.25) is 0 Å². The average molecular weight is 164 g/mol. The van der Waals surface area contributed by atoms with Crippen LogP contribution in [-0.4, -0.2) is 11.2 Å². The van der Waals surface area contributed by atoms with E-state index in [-0.39, 0.29) is 6.04 Å². The van der Waals surface area contributed by atoms with Gasteiger partial charge in [0.25, 0.3) is 0 Å². The molecule has 1 aliphatic carbocycles. The third-order valence-electron chi connectivity index (χ3n) is 1.56. The van der Waals surface area contributed by atoms with Crippen LogP contribution in [0, 0.1) is 0 Å². The zero-order valence-electron chi connectivity index (χ0n) is 5.90. The standard InChI is InChI=1S/C8H8N2S/c9-8-10-6-4-2-1-3-5-7(6)11-8/h1-6H,(H2,9,10). The minimum absolute atomic E-state index is 0.176. The molecule has 0 amide bonds. The molecule has 0 bridgehead atoms. The maximum atomic E-state index is 5.56. The molecular formula is C8H8N2S. The first-order chi connectivity index (χ1) is 5.36. The largest absolute Gasteiger partial charge is 0.378 e. The predicted octanol–water partition coefficient (Wildman–Crippen LogP) is 1.43. The summed E-state index contributed by atoms with van der Waals surface area (Å²) in [5, 5.41) is 0.668. The van der Waals surface area contributed by atoms with E-state index in [1.807, 2.05) is 24.3 Å². The second kappa shape index (κ2) is 2.58. The van der Waals surface area contributed by atoms with E-state index in [0.717, 1.165) is 0 Å². The molecule has 0 aromatic heterocycles. The van der Waals surface area contributed by atoms with Gasteiger partial charge in [-0.2, -0.15) is 0 Å². The van der Waals surface area contributed by atoms with Gasteiger partial charge in [0, 0.05) is 4.91 Å². The highest BCUT2D eigenvalue weighted by molar-refractivity contribution is 8.17. The molecule has 0 fully saturated rings. The highest BCUT2D eigenvalue weighted by atomic mass is 32.2. The van der Waals surface area contributed by atoms with Crippen LogP contribution in [0.5, 0.6) is 0 Å². The van der Waals surface area contributed by atoms with Crippen LogP contribution in [0.2, 0.25) is 0 Å². The van der Waals surface area contributed by atoms with E-state index in [1.165, 1.54) is 4.91 Å². The number of rotatable bonds is 0. The number of hydrogen-bond donors (Lipinski definition) is 1. The SMILES string of the molecule is NC1=NC2C=CC=CC=C2S1. The minimum atomic E-state index is 0.176. The number of fused-ring (bicyclic) bond motifs is 1. The Labute approximate surface area is 69.6 Å². The van der Waals surface area contributed by atoms with E-state index in [0.29, 0.717) is 5.17 Å². The Morgan fingerprint density at radius 1 is 1.36 bits per heavy atom. The molecule has 1 aliphatic heterocycles. The molecule has 0 saturated heterocycles. The van der Waals surface area contributed by atoms with Gasteiger partial charge in [-0.05, 0) is 6.08 Å². The quantitative estimate of drug-likeness (QED) is 0.588. The van der Waals surface area contributed by atoms with Crippen LogP contribution in [0.4, 0.5) is 0 Å². The van der Waals surface area contributed by atoms with Crippen LogP contribution in [0.25, 0.3) is 0 Å². The van der Waals surface area contributed by atoms with Gasteiger partial charge < -0.3 is 5.73 Å². The number of aliphatic imine (C=N–C) groups is 1. The van der Waals surface area contributed by atoms with E-state index in [2.05, 4.69) is 11.1 Å². The third kappa shape index (κ3) is 1.24. The van der Waals surface area contributed by atoms with Gasteiger partial charge in [0.2, 0.25) is 0 Å². The van der Waals surface area contributed by atoms with Crippen LogP contribution in [0.1, 0.15) is 0 Å². The summed E-state index contributed by atoms with van der Waals surface area (Å²) in [7, 11) is 0. The molecule has 0 spiro atoms. The topological polar surface area (TPSA) is 38.4 Å². The fourth-order valence-electron chi connectivity index (χ4n) is 1.06. The van der Waals surface area contributed by atoms with Crippen molar-refractivity contribution in [1.29, 1.82) is 0 Å². The molecule has 2 nitrogen and oxygen atoms in total. The van der Waals surface area contributed by atoms with Crippen molar-refractivity contribution in [3.63, 3.8) is 0 Å². The molecule has 2 rings (SSSR count). The highest BCUT2D eigenvalue weighted by Crippen LogP contribution is 2.30. The molecule has 3 heteroatoms. The van der Waals surface area contributed by atoms with Crippen LogP contribution in [-0.2, 0) is 0 Å². The van der Waals surface area contributed by atoms with Crippen molar-refractivity contribution < 1.29 is 0 Å². The summed E-state index contributed by atoms with van der Waals surface area (Å²) in [6, 6.07) is 0.176. The van der Waals surface area contributed by atoms with E-state index < -0.39 is 0 Å². The Kier molecular flexibility index (Phi) is 1.58. The second-order valence-electron chi connectivity index (χ2n) is 2.35. The zero-order valence-corrected chi connectivity index (χ0v) is 6.71. The molecule has 0 aromatic carbocycles. The Hall–Kier alpha value is -0.960. The van der Waals surface area contributed by atoms with Gasteiger partial charge in [0.1, 0.15) is 6.04 Å². The molecule has 0 saturated carbocycles. The molecule has 2 aliphatic rings. The number of thioether (sulfide) groups is 1. The minimum Gasteiger partial charge on any atom is -0.378 e. The number of allylic oxidation sites excluding steroid dienone is 4. The monoisotopic (exact) mass is 164 g/mol. The lowest BCUT2D eigenvalue weighted by Gasteiger charge is -1.98. The lowest BCUT2D eigenvalue weighted by molar-refractivity contribution is 1.03. The van der Waals surface area contributed by atoms with Crippen LogP contribution < -0.4 is 5.73 Å². The van der Waals surface area contributed by atoms with Crippen molar-refractivity contribution >= 4 is 16.9 Å². The van der Waals surface area contributed by atoms with Crippen molar-refractivity contribution in [2.24, 2.45) is 10.7 Å². The van der Waals surface area contributed by atoms with Gasteiger partial charge in [-0.15, -0.1) is 0 Å². The summed E-state index contributed by atoms with van der Waals surface area (Å²) in [5.41, 5.74) is 5.56. The Morgan fingerprint density at radius 2 is 2.27 bits per heavy atom. The Balaban J connectivity index is 2.33. The van der Waals surface area contributed by atoms with Crippen molar-refractivity contribution in [2.45, 2.75) is 6.04 Å². The van der Waals surface area contributed by atoms with Crippen LogP contribution in [0.3, 0.4) is 0 Å². The maximum absolute atomic E-state index is 5.56. The molecule has 1 atom stereocenters. The van der Waals surface area contributed by atoms with Gasteiger partial charge in [0.05, 0.1) is 0 Å². The van der Waals surface area contributed by atoms with Crippen molar-refractivity contribution in [3.8, 4) is 0 Å². The normalized spacial score (nSPS) is 27.5. The fourth-order valence-corrected chi connectivity index (χ4v) is 1.87. The van der Waals surface area contributed by atoms with E-state index in [9.17, 15) is 0 Å². The first-order valence-electron chi connectivity index (χ1n) is 3.42. The smallest absolute Gasteiger partial charge is 0.159 e. The van der Waals surface area contributed by atoms with Crippen molar-refractivity contribution in [2.75, 3.05) is 0 Å². The average Bonchev–Trinajstić information content (AvgIpc) is 2.17. The summed E-state index contributed by atoms with van der Waals surface area (Å²) >= 11 is 1.55. The summed E-state index contributed by atoms with van der Waals surface area (Å²) < 4.78 is 0. The summed E-state index contributed by atoms with van der Waals surface area (Å²) in [4.78, 5) is 5.45. The highest BCUT2D eigenvalue weighted by Gasteiger charge is 2.19. The van der Waals surface area contributed by atoms with E-state index in [1.54, 1.807) is 11.8 Å². The van der Waals surface area contributed by atoms with Crippen LogP contribution in [0.15, 0.2) is 40.3 Å². The Morgan fingerprint density at radius 3 is 3.18 bits per heavy atom. The predicted molar refractivity (Wildman–Crippen MR) is 49.4 cm³/mol. The summed E-state index contributed by atoms with van der Waals surface area (Å²) in [6.07, 6.45) is 10.1. The van der Waals surface area contributed by atoms with E-state index >= 15 is 0 Å². The molecule has 11 heavy (non-hydrogen) atoms. The maximum Gasteiger partial charge on any atom is 0.159 e. The van der Waals surface area contributed by atoms with Gasteiger partial charge in [-0.25, -0.2) is 4.99 Å². The molecular weight excluding hydrogens is 156 g/mol. The Bertz CT molecular complexity index is 286. The van der Waals surface area contributed by atoms with Gasteiger partial charge in [0.15, 0.2) is 5.17 Å². The first kappa shape index (κ1) is 6.73. The number of nitrogens with zero attached hydrogens (tertiary/aromatic N) is 1. The molecule has 0 aromatic rings. The lowest BCUT2D eigenvalue weighted by atomic mass is 10.3. The summed E-state index contributed by atoms with van der Waals surface area (Å²) in [5.74, 6) is 0. The molecule has 56 valence electrons. The van der Waals surface area contributed by atoms with Crippen molar-refractivity contribution in [3.05, 3.63) is 35.3 Å². The van der Waals surface area contributed by atoms with Gasteiger partial charge >= 0.3 is 0 Å². The summed E-state index contributed by atoms with van der Waals surface area (Å²) in [6.45, 7) is 0. The number of hydrogen-bond acceptors (Lipinski definition) is 3. The van der Waals surface area contributed by atoms with Gasteiger partial charge in [-0.1, -0.05) is 36.1 Å². The second-order valence-corrected chi connectivity index (χ2v) is 3.45. The van der Waals surface area contributed by atoms with E-state index in [4.69, 9.17) is 5.73 Å². The van der Waals surface area contributed by atoms with Crippen LogP contribution >= 0.6 is 11.8 Å². The first-order valence-corrected chi connectivity index (χ1v) is 4.24. The zero-order chi connectivity index (χ0) is 7.68. The molecule has 2 N–H and O–H groups in total. The third-order valence-corrected chi connectivity index (χ3v) is 2.48. The number of amidine groups is 1.